The lowest BCUT2D eigenvalue weighted by Gasteiger charge is -2.44. The molecule has 0 radical (unpaired) electrons. The van der Waals surface area contributed by atoms with E-state index in [4.69, 9.17) is 10.5 Å². The van der Waals surface area contributed by atoms with E-state index in [1.165, 1.54) is 0 Å². The summed E-state index contributed by atoms with van der Waals surface area (Å²) in [5.41, 5.74) is 9.99. The lowest BCUT2D eigenvalue weighted by molar-refractivity contribution is 0.0925. The molecule has 3 N–H and O–H groups in total. The zero-order valence-electron chi connectivity index (χ0n) is 13.3. The number of methoxy groups -OCH3 is 1. The normalized spacial score (nSPS) is 22.0. The summed E-state index contributed by atoms with van der Waals surface area (Å²) in [4.78, 5) is 14.8. The van der Waals surface area contributed by atoms with Crippen LogP contribution < -0.4 is 20.7 Å². The number of hydrogen-bond donors (Lipinski definition) is 2. The van der Waals surface area contributed by atoms with E-state index >= 15 is 0 Å². The van der Waals surface area contributed by atoms with Gasteiger partial charge in [0, 0.05) is 12.6 Å². The summed E-state index contributed by atoms with van der Waals surface area (Å²) in [5.74, 6) is 0.705. The Morgan fingerprint density at radius 3 is 2.92 bits per heavy atom. The number of nitrogens with two attached hydrogens (primary N) is 1. The molecule has 1 amide bonds. The van der Waals surface area contributed by atoms with Gasteiger partial charge in [-0.1, -0.05) is 18.2 Å². The Labute approximate surface area is 148 Å². The largest absolute Gasteiger partial charge is 0.496 e. The Hall–Kier alpha value is -2.05. The van der Waals surface area contributed by atoms with Crippen molar-refractivity contribution in [1.82, 2.24) is 5.32 Å². The average molecular weight is 388 g/mol. The van der Waals surface area contributed by atoms with Gasteiger partial charge in [0.15, 0.2) is 0 Å². The molecule has 124 valence electrons. The highest BCUT2D eigenvalue weighted by Crippen LogP contribution is 2.42. The van der Waals surface area contributed by atoms with Crippen LogP contribution in [0.5, 0.6) is 5.75 Å². The molecule has 0 aromatic heterocycles. The van der Waals surface area contributed by atoms with E-state index in [1.54, 1.807) is 7.11 Å². The molecular weight excluding hydrogens is 370 g/mol. The quantitative estimate of drug-likeness (QED) is 0.830. The third kappa shape index (κ3) is 2.29. The Kier molecular flexibility index (Phi) is 3.73. The molecule has 2 aliphatic rings. The number of carbonyl (C=O) groups excluding carboxylic acids is 1. The summed E-state index contributed by atoms with van der Waals surface area (Å²) in [6, 6.07) is 11.6. The Morgan fingerprint density at radius 1 is 1.33 bits per heavy atom. The molecular formula is C18H18BrN3O2. The number of halogens is 1. The topological polar surface area (TPSA) is 67.6 Å². The number of benzene rings is 2. The van der Waals surface area contributed by atoms with Gasteiger partial charge in [0.05, 0.1) is 22.8 Å². The van der Waals surface area contributed by atoms with Gasteiger partial charge >= 0.3 is 0 Å². The van der Waals surface area contributed by atoms with Crippen LogP contribution in [0.1, 0.15) is 40.1 Å². The lowest BCUT2D eigenvalue weighted by atomic mass is 9.90. The SMILES string of the molecule is COc1ccc([C@@H]2NC(=O)c3cccc4c3N2CC[C@@H]4N)cc1Br. The minimum Gasteiger partial charge on any atom is -0.496 e. The summed E-state index contributed by atoms with van der Waals surface area (Å²) >= 11 is 3.52. The third-order valence-electron chi connectivity index (χ3n) is 4.75. The molecule has 0 saturated heterocycles. The second-order valence-electron chi connectivity index (χ2n) is 6.10. The second-order valence-corrected chi connectivity index (χ2v) is 6.96. The minimum absolute atomic E-state index is 0.0228. The fourth-order valence-corrected chi connectivity index (χ4v) is 4.12. The summed E-state index contributed by atoms with van der Waals surface area (Å²) in [6.07, 6.45) is 0.654. The van der Waals surface area contributed by atoms with Crippen LogP contribution in [0.25, 0.3) is 0 Å². The van der Waals surface area contributed by atoms with Crippen molar-refractivity contribution in [3.05, 3.63) is 57.6 Å². The summed E-state index contributed by atoms with van der Waals surface area (Å²) in [5, 5.41) is 3.12. The van der Waals surface area contributed by atoms with Gasteiger partial charge in [-0.15, -0.1) is 0 Å². The molecule has 0 aliphatic carbocycles. The molecule has 2 aromatic rings. The number of rotatable bonds is 2. The van der Waals surface area contributed by atoms with E-state index < -0.39 is 0 Å². The molecule has 5 nitrogen and oxygen atoms in total. The van der Waals surface area contributed by atoms with Crippen LogP contribution in [0.4, 0.5) is 5.69 Å². The second kappa shape index (κ2) is 5.79. The first kappa shape index (κ1) is 15.5. The summed E-state index contributed by atoms with van der Waals surface area (Å²) < 4.78 is 6.16. The van der Waals surface area contributed by atoms with Crippen LogP contribution in [0.15, 0.2) is 40.9 Å². The first-order valence-electron chi connectivity index (χ1n) is 7.89. The standard InChI is InChI=1S/C18H18BrN3O2/c1-24-15-6-5-10(9-13(15)19)17-21-18(23)12-4-2-3-11-14(20)7-8-22(17)16(11)12/h2-6,9,14,17H,7-8,20H2,1H3,(H,21,23)/t14-,17+/m0/s1. The first-order chi connectivity index (χ1) is 11.6. The smallest absolute Gasteiger partial charge is 0.255 e. The maximum atomic E-state index is 12.6. The van der Waals surface area contributed by atoms with Crippen molar-refractivity contribution >= 4 is 27.5 Å². The number of hydrogen-bond acceptors (Lipinski definition) is 4. The van der Waals surface area contributed by atoms with Crippen LogP contribution in [-0.2, 0) is 0 Å². The van der Waals surface area contributed by atoms with Crippen LogP contribution in [-0.4, -0.2) is 19.6 Å². The van der Waals surface area contributed by atoms with Crippen LogP contribution in [0.3, 0.4) is 0 Å². The summed E-state index contributed by atoms with van der Waals surface area (Å²) in [7, 11) is 1.64. The van der Waals surface area contributed by atoms with Gasteiger partial charge in [0.2, 0.25) is 0 Å². The van der Waals surface area contributed by atoms with E-state index in [0.717, 1.165) is 40.0 Å². The molecule has 4 rings (SSSR count). The number of amides is 1. The van der Waals surface area contributed by atoms with E-state index in [0.29, 0.717) is 5.56 Å². The Bertz CT molecular complexity index is 824. The van der Waals surface area contributed by atoms with Crippen molar-refractivity contribution in [2.75, 3.05) is 18.6 Å². The van der Waals surface area contributed by atoms with E-state index in [2.05, 4.69) is 26.1 Å². The van der Waals surface area contributed by atoms with E-state index in [1.807, 2.05) is 36.4 Å². The van der Waals surface area contributed by atoms with Gasteiger partial charge in [0.1, 0.15) is 11.9 Å². The number of anilines is 1. The molecule has 2 aliphatic heterocycles. The number of para-hydroxylation sites is 1. The Morgan fingerprint density at radius 2 is 2.17 bits per heavy atom. The lowest BCUT2D eigenvalue weighted by Crippen LogP contribution is -2.49. The molecule has 0 saturated carbocycles. The van der Waals surface area contributed by atoms with Gasteiger partial charge < -0.3 is 20.7 Å². The molecule has 0 fully saturated rings. The van der Waals surface area contributed by atoms with Crippen molar-refractivity contribution in [2.45, 2.75) is 18.6 Å². The van der Waals surface area contributed by atoms with Gasteiger partial charge in [-0.2, -0.15) is 0 Å². The number of nitrogens with one attached hydrogen (secondary N) is 1. The summed E-state index contributed by atoms with van der Waals surface area (Å²) in [6.45, 7) is 0.805. The monoisotopic (exact) mass is 387 g/mol. The molecule has 0 bridgehead atoms. The van der Waals surface area contributed by atoms with Crippen LogP contribution in [0, 0.1) is 0 Å². The number of nitrogens with zero attached hydrogens (tertiary/aromatic N) is 1. The van der Waals surface area contributed by atoms with E-state index in [9.17, 15) is 4.79 Å². The minimum atomic E-state index is -0.208. The fraction of sp³-hybridized carbons (Fsp3) is 0.278. The van der Waals surface area contributed by atoms with E-state index in [-0.39, 0.29) is 18.1 Å². The zero-order valence-corrected chi connectivity index (χ0v) is 14.8. The van der Waals surface area contributed by atoms with Crippen molar-refractivity contribution in [1.29, 1.82) is 0 Å². The zero-order chi connectivity index (χ0) is 16.8. The van der Waals surface area contributed by atoms with Gasteiger partial charge in [0.25, 0.3) is 5.91 Å². The van der Waals surface area contributed by atoms with Crippen molar-refractivity contribution < 1.29 is 9.53 Å². The highest BCUT2D eigenvalue weighted by atomic mass is 79.9. The first-order valence-corrected chi connectivity index (χ1v) is 8.69. The molecule has 2 atom stereocenters. The Balaban J connectivity index is 1.82. The molecule has 2 aromatic carbocycles. The van der Waals surface area contributed by atoms with Crippen LogP contribution >= 0.6 is 15.9 Å². The van der Waals surface area contributed by atoms with Gasteiger partial charge in [-0.25, -0.2) is 0 Å². The highest BCUT2D eigenvalue weighted by molar-refractivity contribution is 9.10. The molecule has 24 heavy (non-hydrogen) atoms. The third-order valence-corrected chi connectivity index (χ3v) is 5.37. The van der Waals surface area contributed by atoms with Crippen molar-refractivity contribution in [3.8, 4) is 5.75 Å². The molecule has 2 heterocycles. The number of carbonyl (C=O) groups is 1. The fourth-order valence-electron chi connectivity index (χ4n) is 3.56. The predicted octanol–water partition coefficient (Wildman–Crippen LogP) is 3.11. The van der Waals surface area contributed by atoms with Crippen molar-refractivity contribution in [3.63, 3.8) is 0 Å². The maximum Gasteiger partial charge on any atom is 0.255 e. The van der Waals surface area contributed by atoms with Crippen LogP contribution in [0.2, 0.25) is 0 Å². The van der Waals surface area contributed by atoms with Crippen molar-refractivity contribution in [2.24, 2.45) is 5.73 Å². The molecule has 0 spiro atoms. The van der Waals surface area contributed by atoms with Gasteiger partial charge in [-0.05, 0) is 51.7 Å². The maximum absolute atomic E-state index is 12.6. The molecule has 0 unspecified atom stereocenters. The molecule has 6 heteroatoms. The van der Waals surface area contributed by atoms with Gasteiger partial charge in [-0.3, -0.25) is 4.79 Å². The highest BCUT2D eigenvalue weighted by Gasteiger charge is 2.37. The number of ether oxygens (including phenoxy) is 1. The average Bonchev–Trinajstić information content (AvgIpc) is 2.59. The predicted molar refractivity (Wildman–Crippen MR) is 96.2 cm³/mol.